The number of carbonyl (C=O) groups excluding carboxylic acids is 1. The molecule has 3 nitrogen and oxygen atoms in total. The zero-order valence-corrected chi connectivity index (χ0v) is 13.4. The minimum atomic E-state index is 0.0336. The van der Waals surface area contributed by atoms with E-state index in [2.05, 4.69) is 22.9 Å². The normalized spacial score (nSPS) is 23.5. The van der Waals surface area contributed by atoms with Crippen molar-refractivity contribution in [1.82, 2.24) is 4.90 Å². The summed E-state index contributed by atoms with van der Waals surface area (Å²) in [5.41, 5.74) is 0.653. The van der Waals surface area contributed by atoms with E-state index in [1.54, 1.807) is 25.3 Å². The average Bonchev–Trinajstić information content (AvgIpc) is 2.41. The predicted octanol–water partition coefficient (Wildman–Crippen LogP) is 3.60. The Balaban J connectivity index is 2.13. The van der Waals surface area contributed by atoms with Crippen molar-refractivity contribution in [3.8, 4) is 0 Å². The van der Waals surface area contributed by atoms with E-state index in [0.29, 0.717) is 23.0 Å². The molecule has 19 heavy (non-hydrogen) atoms. The highest BCUT2D eigenvalue weighted by molar-refractivity contribution is 9.10. The molecule has 1 amide bonds. The van der Waals surface area contributed by atoms with Crippen LogP contribution in [0.5, 0.6) is 0 Å². The van der Waals surface area contributed by atoms with Gasteiger partial charge in [0.1, 0.15) is 0 Å². The molecule has 1 aliphatic heterocycles. The van der Waals surface area contributed by atoms with Gasteiger partial charge in [-0.05, 0) is 46.5 Å². The maximum atomic E-state index is 12.4. The molecule has 0 N–H and O–H groups in total. The van der Waals surface area contributed by atoms with E-state index in [4.69, 9.17) is 16.3 Å². The highest BCUT2D eigenvalue weighted by Crippen LogP contribution is 2.25. The molecule has 2 atom stereocenters. The number of likely N-dealkylation sites (tertiary alicyclic amines) is 1. The van der Waals surface area contributed by atoms with Crippen LogP contribution >= 0.6 is 27.5 Å². The number of benzene rings is 1. The largest absolute Gasteiger partial charge is 0.379 e. The Hall–Kier alpha value is -0.580. The zero-order valence-electron chi connectivity index (χ0n) is 11.0. The number of ether oxygens (including phenoxy) is 1. The SMILES string of the molecule is COC1CN(C(=O)c2ccc(Cl)c(Br)c2)CCC1C. The topological polar surface area (TPSA) is 29.5 Å². The van der Waals surface area contributed by atoms with E-state index in [1.807, 2.05) is 4.90 Å². The molecule has 0 saturated carbocycles. The lowest BCUT2D eigenvalue weighted by Gasteiger charge is -2.36. The number of amides is 1. The van der Waals surface area contributed by atoms with Gasteiger partial charge in [0.05, 0.1) is 11.1 Å². The summed E-state index contributed by atoms with van der Waals surface area (Å²) < 4.78 is 6.18. The smallest absolute Gasteiger partial charge is 0.253 e. The third kappa shape index (κ3) is 3.30. The van der Waals surface area contributed by atoms with Crippen molar-refractivity contribution in [3.05, 3.63) is 33.3 Å². The molecular formula is C14H17BrClNO2. The van der Waals surface area contributed by atoms with Crippen molar-refractivity contribution < 1.29 is 9.53 Å². The number of piperidine rings is 1. The van der Waals surface area contributed by atoms with Crippen molar-refractivity contribution in [1.29, 1.82) is 0 Å². The van der Waals surface area contributed by atoms with Gasteiger partial charge in [0.2, 0.25) is 0 Å². The lowest BCUT2D eigenvalue weighted by atomic mass is 9.95. The zero-order chi connectivity index (χ0) is 14.0. The summed E-state index contributed by atoms with van der Waals surface area (Å²) in [4.78, 5) is 14.3. The minimum absolute atomic E-state index is 0.0336. The van der Waals surface area contributed by atoms with Crippen molar-refractivity contribution in [3.63, 3.8) is 0 Å². The first-order chi connectivity index (χ1) is 9.02. The molecule has 0 spiro atoms. The number of carbonyl (C=O) groups is 1. The highest BCUT2D eigenvalue weighted by Gasteiger charge is 2.29. The first kappa shape index (κ1) is 14.8. The second-order valence-corrected chi connectivity index (χ2v) is 6.18. The second-order valence-electron chi connectivity index (χ2n) is 4.92. The first-order valence-corrected chi connectivity index (χ1v) is 7.47. The van der Waals surface area contributed by atoms with Gasteiger partial charge in [0, 0.05) is 30.2 Å². The summed E-state index contributed by atoms with van der Waals surface area (Å²) >= 11 is 9.29. The fourth-order valence-electron chi connectivity index (χ4n) is 2.34. The number of hydrogen-bond acceptors (Lipinski definition) is 2. The van der Waals surface area contributed by atoms with Gasteiger partial charge in [-0.3, -0.25) is 4.79 Å². The van der Waals surface area contributed by atoms with Crippen LogP contribution in [0, 0.1) is 5.92 Å². The van der Waals surface area contributed by atoms with Gasteiger partial charge < -0.3 is 9.64 Å². The van der Waals surface area contributed by atoms with Crippen molar-refractivity contribution in [2.45, 2.75) is 19.4 Å². The van der Waals surface area contributed by atoms with Crippen LogP contribution in [0.25, 0.3) is 0 Å². The Morgan fingerprint density at radius 1 is 1.53 bits per heavy atom. The second kappa shape index (κ2) is 6.25. The number of halogens is 2. The minimum Gasteiger partial charge on any atom is -0.379 e. The lowest BCUT2D eigenvalue weighted by Crippen LogP contribution is -2.46. The average molecular weight is 347 g/mol. The predicted molar refractivity (Wildman–Crippen MR) is 79.6 cm³/mol. The summed E-state index contributed by atoms with van der Waals surface area (Å²) in [6, 6.07) is 5.26. The first-order valence-electron chi connectivity index (χ1n) is 6.30. The Morgan fingerprint density at radius 2 is 2.26 bits per heavy atom. The summed E-state index contributed by atoms with van der Waals surface area (Å²) in [7, 11) is 1.70. The molecule has 1 aromatic rings. The van der Waals surface area contributed by atoms with Crippen LogP contribution < -0.4 is 0 Å². The van der Waals surface area contributed by atoms with Crippen molar-refractivity contribution in [2.75, 3.05) is 20.2 Å². The molecule has 1 saturated heterocycles. The van der Waals surface area contributed by atoms with Crippen LogP contribution in [-0.2, 0) is 4.74 Å². The number of methoxy groups -OCH3 is 1. The highest BCUT2D eigenvalue weighted by atomic mass is 79.9. The number of hydrogen-bond donors (Lipinski definition) is 0. The monoisotopic (exact) mass is 345 g/mol. The van der Waals surface area contributed by atoms with E-state index in [0.717, 1.165) is 17.4 Å². The van der Waals surface area contributed by atoms with Gasteiger partial charge in [-0.1, -0.05) is 18.5 Å². The van der Waals surface area contributed by atoms with Crippen LogP contribution in [0.3, 0.4) is 0 Å². The number of rotatable bonds is 2. The quantitative estimate of drug-likeness (QED) is 0.819. The standard InChI is InChI=1S/C14H17BrClNO2/c1-9-5-6-17(8-13(9)19-2)14(18)10-3-4-12(16)11(15)7-10/h3-4,7,9,13H,5-6,8H2,1-2H3. The van der Waals surface area contributed by atoms with Gasteiger partial charge in [0.15, 0.2) is 0 Å². The summed E-state index contributed by atoms with van der Waals surface area (Å²) in [5, 5.41) is 0.610. The molecular weight excluding hydrogens is 330 g/mol. The fraction of sp³-hybridized carbons (Fsp3) is 0.500. The van der Waals surface area contributed by atoms with Crippen LogP contribution in [0.2, 0.25) is 5.02 Å². The Labute approximate surface area is 127 Å². The fourth-order valence-corrected chi connectivity index (χ4v) is 2.83. The lowest BCUT2D eigenvalue weighted by molar-refractivity contribution is -0.00156. The number of nitrogens with zero attached hydrogens (tertiary/aromatic N) is 1. The van der Waals surface area contributed by atoms with Crippen LogP contribution in [-0.4, -0.2) is 37.1 Å². The molecule has 1 fully saturated rings. The van der Waals surface area contributed by atoms with E-state index in [1.165, 1.54) is 0 Å². The molecule has 104 valence electrons. The summed E-state index contributed by atoms with van der Waals surface area (Å²) in [6.07, 6.45) is 1.09. The molecule has 1 heterocycles. The van der Waals surface area contributed by atoms with E-state index in [-0.39, 0.29) is 12.0 Å². The molecule has 2 rings (SSSR count). The van der Waals surface area contributed by atoms with E-state index >= 15 is 0 Å². The van der Waals surface area contributed by atoms with Gasteiger partial charge >= 0.3 is 0 Å². The van der Waals surface area contributed by atoms with Gasteiger partial charge in [-0.2, -0.15) is 0 Å². The van der Waals surface area contributed by atoms with Gasteiger partial charge in [0.25, 0.3) is 5.91 Å². The maximum absolute atomic E-state index is 12.4. The third-order valence-electron chi connectivity index (χ3n) is 3.65. The van der Waals surface area contributed by atoms with Crippen LogP contribution in [0.15, 0.2) is 22.7 Å². The summed E-state index contributed by atoms with van der Waals surface area (Å²) in [5.74, 6) is 0.525. The van der Waals surface area contributed by atoms with Crippen molar-refractivity contribution in [2.24, 2.45) is 5.92 Å². The molecule has 5 heteroatoms. The Kier molecular flexibility index (Phi) is 4.87. The van der Waals surface area contributed by atoms with Gasteiger partial charge in [-0.15, -0.1) is 0 Å². The van der Waals surface area contributed by atoms with Crippen LogP contribution in [0.4, 0.5) is 0 Å². The van der Waals surface area contributed by atoms with E-state index in [9.17, 15) is 4.79 Å². The van der Waals surface area contributed by atoms with Crippen molar-refractivity contribution >= 4 is 33.4 Å². The third-order valence-corrected chi connectivity index (χ3v) is 4.86. The Morgan fingerprint density at radius 3 is 2.89 bits per heavy atom. The molecule has 2 unspecified atom stereocenters. The summed E-state index contributed by atoms with van der Waals surface area (Å²) in [6.45, 7) is 3.59. The molecule has 1 aliphatic rings. The molecule has 1 aromatic carbocycles. The molecule has 0 bridgehead atoms. The molecule has 0 aromatic heterocycles. The molecule has 0 radical (unpaired) electrons. The molecule has 0 aliphatic carbocycles. The van der Waals surface area contributed by atoms with Crippen LogP contribution in [0.1, 0.15) is 23.7 Å². The van der Waals surface area contributed by atoms with E-state index < -0.39 is 0 Å². The Bertz CT molecular complexity index is 481. The van der Waals surface area contributed by atoms with Gasteiger partial charge in [-0.25, -0.2) is 0 Å². The maximum Gasteiger partial charge on any atom is 0.253 e.